The van der Waals surface area contributed by atoms with Crippen molar-refractivity contribution in [1.82, 2.24) is 4.90 Å². The second kappa shape index (κ2) is 5.15. The molecule has 0 N–H and O–H groups in total. The van der Waals surface area contributed by atoms with E-state index in [1.54, 1.807) is 11.9 Å². The standard InChI is InChI=1S/C11H14BrNO/c1-9-4-3-5-10(8-9)6-7-13(2)11(12)14/h3-5,8H,6-7H2,1-2H3. The number of halogens is 1. The first-order valence-electron chi connectivity index (χ1n) is 4.56. The van der Waals surface area contributed by atoms with Gasteiger partial charge in [-0.15, -0.1) is 0 Å². The van der Waals surface area contributed by atoms with Crippen molar-refractivity contribution in [3.05, 3.63) is 35.4 Å². The van der Waals surface area contributed by atoms with Gasteiger partial charge in [0.05, 0.1) is 0 Å². The first-order valence-corrected chi connectivity index (χ1v) is 5.35. The van der Waals surface area contributed by atoms with Crippen LogP contribution in [0.4, 0.5) is 4.79 Å². The summed E-state index contributed by atoms with van der Waals surface area (Å²) in [6.07, 6.45) is 0.898. The molecule has 2 nitrogen and oxygen atoms in total. The molecular formula is C11H14BrNO. The fraction of sp³-hybridized carbons (Fsp3) is 0.364. The molecule has 0 unspecified atom stereocenters. The number of amides is 1. The van der Waals surface area contributed by atoms with E-state index in [-0.39, 0.29) is 4.82 Å². The van der Waals surface area contributed by atoms with Crippen molar-refractivity contribution in [2.75, 3.05) is 13.6 Å². The van der Waals surface area contributed by atoms with E-state index in [1.807, 2.05) is 6.07 Å². The molecule has 0 aliphatic carbocycles. The minimum atomic E-state index is -0.0647. The SMILES string of the molecule is Cc1cccc(CCN(C)C(=O)Br)c1. The van der Waals surface area contributed by atoms with Crippen LogP contribution in [0.2, 0.25) is 0 Å². The van der Waals surface area contributed by atoms with Gasteiger partial charge in [-0.05, 0) is 18.9 Å². The van der Waals surface area contributed by atoms with Gasteiger partial charge in [-0.2, -0.15) is 0 Å². The van der Waals surface area contributed by atoms with E-state index in [1.165, 1.54) is 11.1 Å². The van der Waals surface area contributed by atoms with Gasteiger partial charge in [0.25, 0.3) is 4.82 Å². The second-order valence-electron chi connectivity index (χ2n) is 3.41. The quantitative estimate of drug-likeness (QED) is 0.601. The molecule has 1 aromatic rings. The molecule has 0 bridgehead atoms. The molecule has 0 aliphatic rings. The lowest BCUT2D eigenvalue weighted by Crippen LogP contribution is -2.23. The Morgan fingerprint density at radius 3 is 2.79 bits per heavy atom. The maximum atomic E-state index is 10.9. The molecule has 0 radical (unpaired) electrons. The van der Waals surface area contributed by atoms with E-state index in [0.717, 1.165) is 13.0 Å². The lowest BCUT2D eigenvalue weighted by atomic mass is 10.1. The van der Waals surface area contributed by atoms with Crippen LogP contribution in [0.5, 0.6) is 0 Å². The molecular weight excluding hydrogens is 242 g/mol. The van der Waals surface area contributed by atoms with Crippen LogP contribution in [0.25, 0.3) is 0 Å². The molecule has 0 saturated heterocycles. The van der Waals surface area contributed by atoms with Crippen molar-refractivity contribution in [2.45, 2.75) is 13.3 Å². The van der Waals surface area contributed by atoms with E-state index >= 15 is 0 Å². The highest BCUT2D eigenvalue weighted by atomic mass is 79.9. The Balaban J connectivity index is 2.49. The summed E-state index contributed by atoms with van der Waals surface area (Å²) in [4.78, 5) is 12.5. The van der Waals surface area contributed by atoms with Crippen molar-refractivity contribution in [2.24, 2.45) is 0 Å². The fourth-order valence-corrected chi connectivity index (χ4v) is 1.43. The molecule has 1 aromatic carbocycles. The molecule has 0 atom stereocenters. The first-order chi connectivity index (χ1) is 6.59. The minimum absolute atomic E-state index is 0.0647. The van der Waals surface area contributed by atoms with Crippen molar-refractivity contribution in [3.8, 4) is 0 Å². The topological polar surface area (TPSA) is 20.3 Å². The van der Waals surface area contributed by atoms with E-state index in [9.17, 15) is 4.79 Å². The third-order valence-electron chi connectivity index (χ3n) is 2.12. The van der Waals surface area contributed by atoms with E-state index in [4.69, 9.17) is 0 Å². The molecule has 0 saturated carbocycles. The average molecular weight is 256 g/mol. The number of aryl methyl sites for hydroxylation is 1. The summed E-state index contributed by atoms with van der Waals surface area (Å²) in [7, 11) is 1.78. The smallest absolute Gasteiger partial charge is 0.289 e. The Bertz CT molecular complexity index is 325. The van der Waals surface area contributed by atoms with E-state index in [2.05, 4.69) is 41.1 Å². The predicted octanol–water partition coefficient (Wildman–Crippen LogP) is 2.98. The zero-order valence-electron chi connectivity index (χ0n) is 8.46. The van der Waals surface area contributed by atoms with Gasteiger partial charge in [-0.1, -0.05) is 29.8 Å². The lowest BCUT2D eigenvalue weighted by molar-refractivity contribution is 0.235. The van der Waals surface area contributed by atoms with E-state index in [0.29, 0.717) is 0 Å². The Hall–Kier alpha value is -0.830. The third kappa shape index (κ3) is 3.50. The number of likely N-dealkylation sites (N-methyl/N-ethyl adjacent to an activating group) is 1. The van der Waals surface area contributed by atoms with Crippen LogP contribution < -0.4 is 0 Å². The molecule has 3 heteroatoms. The number of rotatable bonds is 3. The number of benzene rings is 1. The maximum Gasteiger partial charge on any atom is 0.289 e. The summed E-state index contributed by atoms with van der Waals surface area (Å²) in [5.41, 5.74) is 2.53. The normalized spacial score (nSPS) is 9.93. The van der Waals surface area contributed by atoms with E-state index < -0.39 is 0 Å². The number of hydrogen-bond acceptors (Lipinski definition) is 1. The zero-order chi connectivity index (χ0) is 10.6. The van der Waals surface area contributed by atoms with Crippen LogP contribution >= 0.6 is 15.9 Å². The van der Waals surface area contributed by atoms with Gasteiger partial charge in [0, 0.05) is 29.5 Å². The zero-order valence-corrected chi connectivity index (χ0v) is 10.0. The van der Waals surface area contributed by atoms with Crippen molar-refractivity contribution >= 4 is 20.7 Å². The van der Waals surface area contributed by atoms with Crippen LogP contribution in [0.15, 0.2) is 24.3 Å². The molecule has 1 rings (SSSR count). The van der Waals surface area contributed by atoms with Crippen molar-refractivity contribution < 1.29 is 4.79 Å². The molecule has 14 heavy (non-hydrogen) atoms. The van der Waals surface area contributed by atoms with Gasteiger partial charge in [0.2, 0.25) is 0 Å². The maximum absolute atomic E-state index is 10.9. The van der Waals surface area contributed by atoms with Gasteiger partial charge in [0.1, 0.15) is 0 Å². The summed E-state index contributed by atoms with van der Waals surface area (Å²) in [6.45, 7) is 2.82. The van der Waals surface area contributed by atoms with Crippen LogP contribution in [-0.4, -0.2) is 23.3 Å². The minimum Gasteiger partial charge on any atom is -0.336 e. The van der Waals surface area contributed by atoms with Crippen LogP contribution in [0.3, 0.4) is 0 Å². The van der Waals surface area contributed by atoms with Crippen molar-refractivity contribution in [1.29, 1.82) is 0 Å². The molecule has 0 aliphatic heterocycles. The largest absolute Gasteiger partial charge is 0.336 e. The first kappa shape index (κ1) is 11.2. The van der Waals surface area contributed by atoms with Gasteiger partial charge in [0.15, 0.2) is 0 Å². The lowest BCUT2D eigenvalue weighted by Gasteiger charge is -2.13. The third-order valence-corrected chi connectivity index (χ3v) is 2.72. The molecule has 0 aromatic heterocycles. The summed E-state index contributed by atoms with van der Waals surface area (Å²) < 4.78 is 0. The van der Waals surface area contributed by atoms with Crippen molar-refractivity contribution in [3.63, 3.8) is 0 Å². The summed E-state index contributed by atoms with van der Waals surface area (Å²) in [6, 6.07) is 8.34. The number of nitrogens with zero attached hydrogens (tertiary/aromatic N) is 1. The summed E-state index contributed by atoms with van der Waals surface area (Å²) in [5.74, 6) is 0. The van der Waals surface area contributed by atoms with Gasteiger partial charge >= 0.3 is 0 Å². The van der Waals surface area contributed by atoms with Gasteiger partial charge < -0.3 is 4.90 Å². The Morgan fingerprint density at radius 2 is 2.21 bits per heavy atom. The molecule has 0 heterocycles. The van der Waals surface area contributed by atoms with Gasteiger partial charge in [-0.3, -0.25) is 4.79 Å². The Labute approximate surface area is 93.0 Å². The van der Waals surface area contributed by atoms with Crippen LogP contribution in [-0.2, 0) is 6.42 Å². The fourth-order valence-electron chi connectivity index (χ4n) is 1.25. The Kier molecular flexibility index (Phi) is 4.14. The summed E-state index contributed by atoms with van der Waals surface area (Å²) in [5, 5.41) is 0. The van der Waals surface area contributed by atoms with Gasteiger partial charge in [-0.25, -0.2) is 0 Å². The highest BCUT2D eigenvalue weighted by Crippen LogP contribution is 2.06. The van der Waals surface area contributed by atoms with Crippen LogP contribution in [0, 0.1) is 6.92 Å². The number of hydrogen-bond donors (Lipinski definition) is 0. The number of carbonyl (C=O) groups is 1. The molecule has 0 spiro atoms. The Morgan fingerprint density at radius 1 is 1.50 bits per heavy atom. The van der Waals surface area contributed by atoms with Crippen LogP contribution in [0.1, 0.15) is 11.1 Å². The highest BCUT2D eigenvalue weighted by molar-refractivity contribution is 9.18. The highest BCUT2D eigenvalue weighted by Gasteiger charge is 2.03. The molecule has 76 valence electrons. The summed E-state index contributed by atoms with van der Waals surface area (Å²) >= 11 is 2.91. The molecule has 1 amide bonds. The number of carbonyl (C=O) groups excluding carboxylic acids is 1. The monoisotopic (exact) mass is 255 g/mol. The average Bonchev–Trinajstić information content (AvgIpc) is 2.14. The molecule has 0 fully saturated rings. The predicted molar refractivity (Wildman–Crippen MR) is 61.8 cm³/mol. The second-order valence-corrected chi connectivity index (χ2v) is 4.09.